The third kappa shape index (κ3) is 2.46. The van der Waals surface area contributed by atoms with Crippen LogP contribution >= 0.6 is 11.6 Å². The largest absolute Gasteiger partial charge is 0.465 e. The lowest BCUT2D eigenvalue weighted by Crippen LogP contribution is -2.03. The summed E-state index contributed by atoms with van der Waals surface area (Å²) in [7, 11) is 1.89. The van der Waals surface area contributed by atoms with E-state index in [1.807, 2.05) is 20.0 Å². The van der Waals surface area contributed by atoms with Gasteiger partial charge in [-0.25, -0.2) is 0 Å². The second-order valence-electron chi connectivity index (χ2n) is 3.68. The number of rotatable bonds is 4. The topological polar surface area (TPSA) is 43.0 Å². The van der Waals surface area contributed by atoms with Crippen LogP contribution in [0.3, 0.4) is 0 Å². The Kier molecular flexibility index (Phi) is 3.31. The van der Waals surface area contributed by atoms with Crippen molar-refractivity contribution in [3.8, 4) is 0 Å². The first-order chi connectivity index (χ1) is 7.69. The summed E-state index contributed by atoms with van der Waals surface area (Å²) < 4.78 is 7.39. The summed E-state index contributed by atoms with van der Waals surface area (Å²) in [5.41, 5.74) is 1.13. The van der Waals surface area contributed by atoms with E-state index in [9.17, 15) is 0 Å². The maximum Gasteiger partial charge on any atom is 0.118 e. The van der Waals surface area contributed by atoms with Crippen LogP contribution in [0.25, 0.3) is 0 Å². The van der Waals surface area contributed by atoms with Gasteiger partial charge in [0.25, 0.3) is 0 Å². The molecule has 0 amide bonds. The van der Waals surface area contributed by atoms with Crippen molar-refractivity contribution in [2.75, 3.05) is 7.05 Å². The Morgan fingerprint density at radius 1 is 1.56 bits per heavy atom. The first kappa shape index (κ1) is 11.2. The van der Waals surface area contributed by atoms with Crippen LogP contribution in [0.1, 0.15) is 17.1 Å². The van der Waals surface area contributed by atoms with E-state index in [4.69, 9.17) is 16.0 Å². The molecule has 0 aliphatic rings. The Hall–Kier alpha value is -1.26. The second-order valence-corrected chi connectivity index (χ2v) is 4.12. The second kappa shape index (κ2) is 4.72. The summed E-state index contributed by atoms with van der Waals surface area (Å²) in [6.07, 6.45) is 3.43. The summed E-state index contributed by atoms with van der Waals surface area (Å²) in [6.45, 7) is 3.38. The molecule has 5 heteroatoms. The summed E-state index contributed by atoms with van der Waals surface area (Å²) >= 11 is 5.80. The molecule has 4 nitrogen and oxygen atoms in total. The van der Waals surface area contributed by atoms with E-state index in [1.54, 1.807) is 17.1 Å². The van der Waals surface area contributed by atoms with Gasteiger partial charge in [0.2, 0.25) is 0 Å². The number of aryl methyl sites for hydroxylation is 1. The van der Waals surface area contributed by atoms with Crippen LogP contribution in [0.2, 0.25) is 5.02 Å². The maximum atomic E-state index is 5.80. The van der Waals surface area contributed by atoms with Gasteiger partial charge in [0.15, 0.2) is 0 Å². The average Bonchev–Trinajstić information content (AvgIpc) is 2.76. The van der Waals surface area contributed by atoms with Crippen molar-refractivity contribution in [1.29, 1.82) is 0 Å². The monoisotopic (exact) mass is 239 g/mol. The molecule has 16 heavy (non-hydrogen) atoms. The zero-order chi connectivity index (χ0) is 11.5. The molecule has 0 unspecified atom stereocenters. The minimum absolute atomic E-state index is 0.650. The van der Waals surface area contributed by atoms with Crippen molar-refractivity contribution in [2.45, 2.75) is 20.0 Å². The highest BCUT2D eigenvalue weighted by molar-refractivity contribution is 6.30. The minimum Gasteiger partial charge on any atom is -0.465 e. The predicted molar refractivity (Wildman–Crippen MR) is 62.5 cm³/mol. The van der Waals surface area contributed by atoms with Gasteiger partial charge in [0.05, 0.1) is 24.3 Å². The molecule has 2 rings (SSSR count). The number of furan rings is 1. The molecule has 2 heterocycles. The zero-order valence-electron chi connectivity index (χ0n) is 9.33. The summed E-state index contributed by atoms with van der Waals surface area (Å²) in [5.74, 6) is 1.87. The van der Waals surface area contributed by atoms with E-state index in [1.165, 1.54) is 0 Å². The highest BCUT2D eigenvalue weighted by Crippen LogP contribution is 2.16. The maximum absolute atomic E-state index is 5.80. The quantitative estimate of drug-likeness (QED) is 0.890. The molecule has 0 saturated heterocycles. The van der Waals surface area contributed by atoms with Gasteiger partial charge in [-0.2, -0.15) is 5.10 Å². The molecule has 0 fully saturated rings. The molecule has 0 radical (unpaired) electrons. The Labute approximate surface area is 99.2 Å². The van der Waals surface area contributed by atoms with Crippen LogP contribution in [0.4, 0.5) is 0 Å². The molecule has 0 aliphatic carbocycles. The van der Waals surface area contributed by atoms with Gasteiger partial charge < -0.3 is 9.73 Å². The summed E-state index contributed by atoms with van der Waals surface area (Å²) in [6, 6.07) is 2.04. The Morgan fingerprint density at radius 3 is 3.00 bits per heavy atom. The average molecular weight is 240 g/mol. The molecular formula is C11H14ClN3O. The van der Waals surface area contributed by atoms with Gasteiger partial charge in [0, 0.05) is 11.8 Å². The van der Waals surface area contributed by atoms with Crippen LogP contribution in [0, 0.1) is 6.92 Å². The predicted octanol–water partition coefficient (Wildman–Crippen LogP) is 2.21. The van der Waals surface area contributed by atoms with Gasteiger partial charge >= 0.3 is 0 Å². The third-order valence-corrected chi connectivity index (χ3v) is 2.55. The van der Waals surface area contributed by atoms with E-state index in [-0.39, 0.29) is 0 Å². The van der Waals surface area contributed by atoms with E-state index in [0.29, 0.717) is 11.6 Å². The van der Waals surface area contributed by atoms with Gasteiger partial charge in [-0.05, 0) is 20.0 Å². The highest BCUT2D eigenvalue weighted by Gasteiger charge is 2.07. The fourth-order valence-corrected chi connectivity index (χ4v) is 1.76. The standard InChI is InChI=1S/C11H14ClN3O/c1-8-9(3-11(16-8)5-13-2)6-15-7-10(12)4-14-15/h3-4,7,13H,5-6H2,1-2H3. The van der Waals surface area contributed by atoms with E-state index < -0.39 is 0 Å². The third-order valence-electron chi connectivity index (χ3n) is 2.36. The van der Waals surface area contributed by atoms with Gasteiger partial charge in [-0.15, -0.1) is 0 Å². The molecule has 0 spiro atoms. The lowest BCUT2D eigenvalue weighted by atomic mass is 10.2. The molecule has 0 atom stereocenters. The van der Waals surface area contributed by atoms with Crippen LogP contribution in [0.15, 0.2) is 22.9 Å². The fraction of sp³-hybridized carbons (Fsp3) is 0.364. The van der Waals surface area contributed by atoms with Crippen molar-refractivity contribution in [2.24, 2.45) is 0 Å². The van der Waals surface area contributed by atoms with Gasteiger partial charge in [0.1, 0.15) is 11.5 Å². The molecule has 1 N–H and O–H groups in total. The van der Waals surface area contributed by atoms with Gasteiger partial charge in [-0.3, -0.25) is 4.68 Å². The number of nitrogens with one attached hydrogen (secondary N) is 1. The van der Waals surface area contributed by atoms with Crippen molar-refractivity contribution in [3.05, 3.63) is 40.6 Å². The number of hydrogen-bond donors (Lipinski definition) is 1. The molecule has 0 bridgehead atoms. The minimum atomic E-state index is 0.650. The number of nitrogens with zero attached hydrogens (tertiary/aromatic N) is 2. The molecule has 2 aromatic heterocycles. The van der Waals surface area contributed by atoms with Crippen LogP contribution in [-0.2, 0) is 13.1 Å². The smallest absolute Gasteiger partial charge is 0.118 e. The molecule has 0 aliphatic heterocycles. The SMILES string of the molecule is CNCc1cc(Cn2cc(Cl)cn2)c(C)o1. The lowest BCUT2D eigenvalue weighted by Gasteiger charge is -1.98. The fourth-order valence-electron chi connectivity index (χ4n) is 1.61. The Balaban J connectivity index is 2.14. The van der Waals surface area contributed by atoms with Crippen molar-refractivity contribution >= 4 is 11.6 Å². The normalized spacial score (nSPS) is 10.9. The van der Waals surface area contributed by atoms with Crippen molar-refractivity contribution in [1.82, 2.24) is 15.1 Å². The first-order valence-electron chi connectivity index (χ1n) is 5.10. The van der Waals surface area contributed by atoms with E-state index in [0.717, 1.165) is 23.6 Å². The van der Waals surface area contributed by atoms with Crippen LogP contribution in [0.5, 0.6) is 0 Å². The lowest BCUT2D eigenvalue weighted by molar-refractivity contribution is 0.468. The van der Waals surface area contributed by atoms with Gasteiger partial charge in [-0.1, -0.05) is 11.6 Å². The van der Waals surface area contributed by atoms with Crippen molar-refractivity contribution < 1.29 is 4.42 Å². The first-order valence-corrected chi connectivity index (χ1v) is 5.47. The molecule has 0 aromatic carbocycles. The highest BCUT2D eigenvalue weighted by atomic mass is 35.5. The van der Waals surface area contributed by atoms with Crippen LogP contribution < -0.4 is 5.32 Å². The molecular weight excluding hydrogens is 226 g/mol. The molecule has 2 aromatic rings. The van der Waals surface area contributed by atoms with Crippen molar-refractivity contribution in [3.63, 3.8) is 0 Å². The number of aromatic nitrogens is 2. The zero-order valence-corrected chi connectivity index (χ0v) is 10.1. The summed E-state index contributed by atoms with van der Waals surface area (Å²) in [5, 5.41) is 7.84. The number of halogens is 1. The van der Waals surface area contributed by atoms with Crippen LogP contribution in [-0.4, -0.2) is 16.8 Å². The van der Waals surface area contributed by atoms with E-state index >= 15 is 0 Å². The Bertz CT molecular complexity index is 475. The molecule has 0 saturated carbocycles. The molecule has 86 valence electrons. The Morgan fingerprint density at radius 2 is 2.38 bits per heavy atom. The summed E-state index contributed by atoms with van der Waals surface area (Å²) in [4.78, 5) is 0. The number of hydrogen-bond acceptors (Lipinski definition) is 3. The van der Waals surface area contributed by atoms with E-state index in [2.05, 4.69) is 10.4 Å².